The number of aromatic nitrogens is 2. The fourth-order valence-electron chi connectivity index (χ4n) is 1.28. The first-order chi connectivity index (χ1) is 8.28. The van der Waals surface area contributed by atoms with E-state index in [9.17, 15) is 0 Å². The molecule has 0 atom stereocenters. The molecule has 5 nitrogen and oxygen atoms in total. The molecule has 2 aromatic rings. The number of hydrogen-bond acceptors (Lipinski definition) is 5. The molecule has 2 rings (SSSR count). The molecule has 0 radical (unpaired) electrons. The average molecular weight is 295 g/mol. The van der Waals surface area contributed by atoms with Gasteiger partial charge in [0.05, 0.1) is 0 Å². The Kier molecular flexibility index (Phi) is 3.89. The Morgan fingerprint density at radius 1 is 1.29 bits per heavy atom. The van der Waals surface area contributed by atoms with Crippen molar-refractivity contribution in [3.05, 3.63) is 46.7 Å². The lowest BCUT2D eigenvalue weighted by Gasteiger charge is -2.06. The van der Waals surface area contributed by atoms with Gasteiger partial charge in [0.2, 0.25) is 5.88 Å². The summed E-state index contributed by atoms with van der Waals surface area (Å²) in [5.74, 6) is 6.24. The van der Waals surface area contributed by atoms with Crippen LogP contribution in [0.2, 0.25) is 0 Å². The second kappa shape index (κ2) is 5.60. The van der Waals surface area contributed by atoms with E-state index in [1.54, 1.807) is 6.07 Å². The fourth-order valence-corrected chi connectivity index (χ4v) is 1.73. The van der Waals surface area contributed by atoms with Gasteiger partial charge in [-0.1, -0.05) is 28.1 Å². The second-order valence-corrected chi connectivity index (χ2v) is 4.22. The number of hydrazine groups is 1. The van der Waals surface area contributed by atoms with Gasteiger partial charge in [-0.2, -0.15) is 0 Å². The van der Waals surface area contributed by atoms with Gasteiger partial charge in [-0.3, -0.25) is 0 Å². The molecule has 1 aromatic carbocycles. The average Bonchev–Trinajstić information content (AvgIpc) is 2.37. The van der Waals surface area contributed by atoms with E-state index in [1.807, 2.05) is 24.3 Å². The van der Waals surface area contributed by atoms with Crippen molar-refractivity contribution in [3.8, 4) is 5.88 Å². The molecule has 6 heteroatoms. The van der Waals surface area contributed by atoms with Crippen LogP contribution >= 0.6 is 15.9 Å². The van der Waals surface area contributed by atoms with Crippen molar-refractivity contribution in [2.45, 2.75) is 6.61 Å². The Bertz CT molecular complexity index is 506. The van der Waals surface area contributed by atoms with E-state index < -0.39 is 0 Å². The van der Waals surface area contributed by atoms with Crippen molar-refractivity contribution in [1.29, 1.82) is 0 Å². The van der Waals surface area contributed by atoms with Crippen molar-refractivity contribution >= 4 is 21.7 Å². The number of nitrogens with zero attached hydrogens (tertiary/aromatic N) is 2. The molecule has 0 aliphatic carbocycles. The Balaban J connectivity index is 2.02. The van der Waals surface area contributed by atoms with Gasteiger partial charge < -0.3 is 10.2 Å². The number of nitrogens with one attached hydrogen (secondary N) is 1. The molecule has 0 aliphatic rings. The van der Waals surface area contributed by atoms with Crippen LogP contribution in [0.25, 0.3) is 0 Å². The summed E-state index contributed by atoms with van der Waals surface area (Å²) < 4.78 is 6.54. The van der Waals surface area contributed by atoms with E-state index >= 15 is 0 Å². The van der Waals surface area contributed by atoms with E-state index in [0.29, 0.717) is 18.3 Å². The van der Waals surface area contributed by atoms with Crippen LogP contribution in [0.5, 0.6) is 5.88 Å². The highest BCUT2D eigenvalue weighted by molar-refractivity contribution is 9.10. The number of hydrogen-bond donors (Lipinski definition) is 2. The van der Waals surface area contributed by atoms with Gasteiger partial charge >= 0.3 is 0 Å². The van der Waals surface area contributed by atoms with E-state index in [4.69, 9.17) is 10.6 Å². The number of halogens is 1. The standard InChI is InChI=1S/C11H11BrN4O/c12-9-3-1-2-8(4-9)6-17-11-5-10(16-13)14-7-15-11/h1-5,7H,6,13H2,(H,14,15,16). The third-order valence-electron chi connectivity index (χ3n) is 2.07. The number of benzene rings is 1. The molecule has 17 heavy (non-hydrogen) atoms. The quantitative estimate of drug-likeness (QED) is 0.667. The van der Waals surface area contributed by atoms with Gasteiger partial charge in [-0.05, 0) is 17.7 Å². The molecule has 0 fully saturated rings. The Labute approximate surface area is 107 Å². The highest BCUT2D eigenvalue weighted by Crippen LogP contribution is 2.15. The summed E-state index contributed by atoms with van der Waals surface area (Å²) in [5.41, 5.74) is 3.49. The molecule has 0 aliphatic heterocycles. The SMILES string of the molecule is NNc1cc(OCc2cccc(Br)c2)ncn1. The number of nitrogens with two attached hydrogens (primary N) is 1. The van der Waals surface area contributed by atoms with Crippen molar-refractivity contribution < 1.29 is 4.74 Å². The number of rotatable bonds is 4. The first-order valence-electron chi connectivity index (χ1n) is 4.94. The maximum Gasteiger partial charge on any atom is 0.218 e. The number of ether oxygens (including phenoxy) is 1. The lowest BCUT2D eigenvalue weighted by Crippen LogP contribution is -2.09. The van der Waals surface area contributed by atoms with Crippen LogP contribution in [0.1, 0.15) is 5.56 Å². The van der Waals surface area contributed by atoms with Crippen molar-refractivity contribution in [2.75, 3.05) is 5.43 Å². The van der Waals surface area contributed by atoms with Crippen molar-refractivity contribution in [3.63, 3.8) is 0 Å². The van der Waals surface area contributed by atoms with Gasteiger partial charge in [0, 0.05) is 10.5 Å². The van der Waals surface area contributed by atoms with Gasteiger partial charge in [0.15, 0.2) is 0 Å². The van der Waals surface area contributed by atoms with Crippen LogP contribution in [0.15, 0.2) is 41.1 Å². The van der Waals surface area contributed by atoms with E-state index in [1.165, 1.54) is 6.33 Å². The maximum atomic E-state index is 5.52. The summed E-state index contributed by atoms with van der Waals surface area (Å²) in [4.78, 5) is 7.88. The third-order valence-corrected chi connectivity index (χ3v) is 2.56. The summed E-state index contributed by atoms with van der Waals surface area (Å²) in [5, 5.41) is 0. The first kappa shape index (κ1) is 11.8. The Hall–Kier alpha value is -1.66. The van der Waals surface area contributed by atoms with Crippen LogP contribution in [-0.4, -0.2) is 9.97 Å². The molecule has 1 heterocycles. The summed E-state index contributed by atoms with van der Waals surface area (Å²) >= 11 is 3.40. The molecule has 0 bridgehead atoms. The summed E-state index contributed by atoms with van der Waals surface area (Å²) in [6.45, 7) is 0.445. The van der Waals surface area contributed by atoms with Gasteiger partial charge in [-0.15, -0.1) is 0 Å². The Morgan fingerprint density at radius 2 is 2.18 bits per heavy atom. The normalized spacial score (nSPS) is 10.0. The predicted octanol–water partition coefficient (Wildman–Crippen LogP) is 2.10. The number of nitrogen functional groups attached to an aromatic ring is 1. The molecule has 1 aromatic heterocycles. The van der Waals surface area contributed by atoms with Crippen LogP contribution < -0.4 is 16.0 Å². The maximum absolute atomic E-state index is 5.52. The summed E-state index contributed by atoms with van der Waals surface area (Å²) in [6, 6.07) is 9.52. The molecular formula is C11H11BrN4O. The lowest BCUT2D eigenvalue weighted by atomic mass is 10.2. The molecule has 0 saturated heterocycles. The van der Waals surface area contributed by atoms with E-state index in [-0.39, 0.29) is 0 Å². The predicted molar refractivity (Wildman–Crippen MR) is 68.3 cm³/mol. The van der Waals surface area contributed by atoms with Crippen molar-refractivity contribution in [1.82, 2.24) is 9.97 Å². The molecule has 0 unspecified atom stereocenters. The zero-order valence-electron chi connectivity index (χ0n) is 8.93. The largest absolute Gasteiger partial charge is 0.473 e. The minimum Gasteiger partial charge on any atom is -0.473 e. The van der Waals surface area contributed by atoms with Gasteiger partial charge in [0.1, 0.15) is 18.8 Å². The highest BCUT2D eigenvalue weighted by atomic mass is 79.9. The topological polar surface area (TPSA) is 73.1 Å². The molecule has 0 amide bonds. The molecule has 0 saturated carbocycles. The smallest absolute Gasteiger partial charge is 0.218 e. The minimum atomic E-state index is 0.445. The first-order valence-corrected chi connectivity index (χ1v) is 5.73. The zero-order chi connectivity index (χ0) is 12.1. The molecule has 3 N–H and O–H groups in total. The number of anilines is 1. The molecule has 0 spiro atoms. The Morgan fingerprint density at radius 3 is 2.94 bits per heavy atom. The highest BCUT2D eigenvalue weighted by Gasteiger charge is 1.99. The van der Waals surface area contributed by atoms with Crippen LogP contribution in [0.4, 0.5) is 5.82 Å². The summed E-state index contributed by atoms with van der Waals surface area (Å²) in [7, 11) is 0. The monoisotopic (exact) mass is 294 g/mol. The van der Waals surface area contributed by atoms with E-state index in [0.717, 1.165) is 10.0 Å². The fraction of sp³-hybridized carbons (Fsp3) is 0.0909. The van der Waals surface area contributed by atoms with Crippen LogP contribution in [0, 0.1) is 0 Å². The second-order valence-electron chi connectivity index (χ2n) is 3.30. The van der Waals surface area contributed by atoms with Crippen LogP contribution in [0.3, 0.4) is 0 Å². The molecule has 88 valence electrons. The summed E-state index contributed by atoms with van der Waals surface area (Å²) in [6.07, 6.45) is 1.39. The zero-order valence-corrected chi connectivity index (χ0v) is 10.5. The molecular weight excluding hydrogens is 284 g/mol. The lowest BCUT2D eigenvalue weighted by molar-refractivity contribution is 0.293. The van der Waals surface area contributed by atoms with Gasteiger partial charge in [0.25, 0.3) is 0 Å². The third kappa shape index (κ3) is 3.40. The van der Waals surface area contributed by atoms with Crippen molar-refractivity contribution in [2.24, 2.45) is 5.84 Å². The van der Waals surface area contributed by atoms with Gasteiger partial charge in [-0.25, -0.2) is 15.8 Å². The van der Waals surface area contributed by atoms with E-state index in [2.05, 4.69) is 31.3 Å². The minimum absolute atomic E-state index is 0.445. The van der Waals surface area contributed by atoms with Crippen LogP contribution in [-0.2, 0) is 6.61 Å².